The third kappa shape index (κ3) is 3.93. The van der Waals surface area contributed by atoms with Crippen LogP contribution in [0.3, 0.4) is 0 Å². The molecule has 1 heterocycles. The molecule has 1 aliphatic rings. The van der Waals surface area contributed by atoms with Crippen molar-refractivity contribution in [2.75, 3.05) is 16.8 Å². The van der Waals surface area contributed by atoms with Crippen LogP contribution in [0.5, 0.6) is 0 Å². The molecule has 0 spiro atoms. The number of hydrogen-bond donors (Lipinski definition) is 0. The van der Waals surface area contributed by atoms with E-state index in [1.54, 1.807) is 0 Å². The molecular weight excluding hydrogens is 394 g/mol. The van der Waals surface area contributed by atoms with Gasteiger partial charge >= 0.3 is 0 Å². The molecule has 5 heteroatoms. The number of carbonyl (C=O) groups excluding carboxylic acids is 1. The number of rotatable bonds is 4. The van der Waals surface area contributed by atoms with E-state index in [0.717, 1.165) is 27.4 Å². The van der Waals surface area contributed by atoms with Gasteiger partial charge in [0.15, 0.2) is 0 Å². The second kappa shape index (κ2) is 7.73. The van der Waals surface area contributed by atoms with E-state index < -0.39 is 0 Å². The smallest absolute Gasteiger partial charge is 0.227 e. The molecule has 0 saturated heterocycles. The van der Waals surface area contributed by atoms with Gasteiger partial charge in [-0.1, -0.05) is 51.8 Å². The quantitative estimate of drug-likeness (QED) is 0.603. The summed E-state index contributed by atoms with van der Waals surface area (Å²) in [6.45, 7) is 0.699. The summed E-state index contributed by atoms with van der Waals surface area (Å²) in [4.78, 5) is 15.7. The summed E-state index contributed by atoms with van der Waals surface area (Å²) in [6, 6.07) is 16.1. The van der Waals surface area contributed by atoms with Crippen LogP contribution in [0.4, 0.5) is 5.69 Å². The standard InChI is InChI=1S/C18H17BrClNOS/c19-11-3-6-18(22)21-12-17(13-7-9-14(20)10-8-13)23-16-5-2-1-4-15(16)21/h1-2,4-5,7-10,17H,3,6,11-12H2. The van der Waals surface area contributed by atoms with Gasteiger partial charge in [0.1, 0.15) is 0 Å². The Bertz CT molecular complexity index is 692. The van der Waals surface area contributed by atoms with Gasteiger partial charge in [0.25, 0.3) is 0 Å². The van der Waals surface area contributed by atoms with Crippen LogP contribution < -0.4 is 4.90 Å². The van der Waals surface area contributed by atoms with Gasteiger partial charge < -0.3 is 4.90 Å². The molecule has 0 radical (unpaired) electrons. The number of para-hydroxylation sites is 1. The van der Waals surface area contributed by atoms with Gasteiger partial charge in [-0.25, -0.2) is 0 Å². The maximum Gasteiger partial charge on any atom is 0.227 e. The van der Waals surface area contributed by atoms with Gasteiger partial charge in [-0.15, -0.1) is 11.8 Å². The van der Waals surface area contributed by atoms with Crippen molar-refractivity contribution in [3.8, 4) is 0 Å². The largest absolute Gasteiger partial charge is 0.310 e. The fourth-order valence-corrected chi connectivity index (χ4v) is 4.36. The van der Waals surface area contributed by atoms with Crippen molar-refractivity contribution in [1.82, 2.24) is 0 Å². The van der Waals surface area contributed by atoms with Gasteiger partial charge in [-0.2, -0.15) is 0 Å². The molecule has 1 atom stereocenters. The van der Waals surface area contributed by atoms with Crippen molar-refractivity contribution < 1.29 is 4.79 Å². The molecule has 1 unspecified atom stereocenters. The van der Waals surface area contributed by atoms with Crippen LogP contribution >= 0.6 is 39.3 Å². The van der Waals surface area contributed by atoms with Crippen LogP contribution in [0.25, 0.3) is 0 Å². The van der Waals surface area contributed by atoms with Crippen LogP contribution in [0.15, 0.2) is 53.4 Å². The Kier molecular flexibility index (Phi) is 5.67. The van der Waals surface area contributed by atoms with Gasteiger partial charge in [0.2, 0.25) is 5.91 Å². The second-order valence-electron chi connectivity index (χ2n) is 5.42. The van der Waals surface area contributed by atoms with Crippen LogP contribution in [0, 0.1) is 0 Å². The molecule has 0 fully saturated rings. The van der Waals surface area contributed by atoms with E-state index in [4.69, 9.17) is 11.6 Å². The van der Waals surface area contributed by atoms with Crippen LogP contribution in [0.2, 0.25) is 5.02 Å². The van der Waals surface area contributed by atoms with Crippen LogP contribution in [-0.4, -0.2) is 17.8 Å². The minimum absolute atomic E-state index is 0.191. The third-order valence-corrected chi connectivity index (χ3v) is 5.96. The number of hydrogen-bond acceptors (Lipinski definition) is 2. The zero-order chi connectivity index (χ0) is 16.2. The first-order valence-corrected chi connectivity index (χ1v) is 9.94. The second-order valence-corrected chi connectivity index (χ2v) is 7.90. The summed E-state index contributed by atoms with van der Waals surface area (Å²) in [5.41, 5.74) is 2.23. The molecule has 0 aromatic heterocycles. The lowest BCUT2D eigenvalue weighted by atomic mass is 10.1. The van der Waals surface area contributed by atoms with Gasteiger partial charge in [0, 0.05) is 28.2 Å². The molecule has 0 saturated carbocycles. The first-order chi connectivity index (χ1) is 11.2. The van der Waals surface area contributed by atoms with Crippen molar-refractivity contribution in [3.05, 3.63) is 59.1 Å². The Labute approximate surface area is 154 Å². The summed E-state index contributed by atoms with van der Waals surface area (Å²) >= 11 is 11.2. The molecule has 2 nitrogen and oxygen atoms in total. The number of amides is 1. The Morgan fingerprint density at radius 1 is 1.22 bits per heavy atom. The average Bonchev–Trinajstić information content (AvgIpc) is 2.59. The average molecular weight is 411 g/mol. The molecule has 2 aromatic carbocycles. The third-order valence-electron chi connectivity index (χ3n) is 3.84. The van der Waals surface area contributed by atoms with Gasteiger partial charge in [-0.3, -0.25) is 4.79 Å². The highest BCUT2D eigenvalue weighted by atomic mass is 79.9. The minimum atomic E-state index is 0.191. The predicted octanol–water partition coefficient (Wildman–Crippen LogP) is 5.70. The fourth-order valence-electron chi connectivity index (χ4n) is 2.67. The molecule has 1 aliphatic heterocycles. The molecule has 2 aromatic rings. The summed E-state index contributed by atoms with van der Waals surface area (Å²) in [6.07, 6.45) is 1.42. The number of nitrogens with zero attached hydrogens (tertiary/aromatic N) is 1. The molecule has 120 valence electrons. The van der Waals surface area contributed by atoms with Crippen LogP contribution in [0.1, 0.15) is 23.7 Å². The highest BCUT2D eigenvalue weighted by Crippen LogP contribution is 2.45. The monoisotopic (exact) mass is 409 g/mol. The molecule has 1 amide bonds. The highest BCUT2D eigenvalue weighted by molar-refractivity contribution is 9.09. The topological polar surface area (TPSA) is 20.3 Å². The summed E-state index contributed by atoms with van der Waals surface area (Å²) in [5.74, 6) is 0.191. The zero-order valence-electron chi connectivity index (χ0n) is 12.5. The molecule has 0 aliphatic carbocycles. The van der Waals surface area contributed by atoms with E-state index in [0.29, 0.717) is 13.0 Å². The van der Waals surface area contributed by atoms with Crippen LogP contribution in [-0.2, 0) is 4.79 Å². The molecular formula is C18H17BrClNOS. The minimum Gasteiger partial charge on any atom is -0.310 e. The fraction of sp³-hybridized carbons (Fsp3) is 0.278. The number of anilines is 1. The lowest BCUT2D eigenvalue weighted by Crippen LogP contribution is -2.36. The Hall–Kier alpha value is -0.970. The predicted molar refractivity (Wildman–Crippen MR) is 102 cm³/mol. The van der Waals surface area contributed by atoms with Gasteiger partial charge in [-0.05, 0) is 36.2 Å². The number of benzene rings is 2. The maximum atomic E-state index is 12.6. The summed E-state index contributed by atoms with van der Waals surface area (Å²) in [5, 5.41) is 1.82. The van der Waals surface area contributed by atoms with Crippen molar-refractivity contribution in [3.63, 3.8) is 0 Å². The normalized spacial score (nSPS) is 17.0. The summed E-state index contributed by atoms with van der Waals surface area (Å²) in [7, 11) is 0. The highest BCUT2D eigenvalue weighted by Gasteiger charge is 2.29. The van der Waals surface area contributed by atoms with E-state index in [9.17, 15) is 4.79 Å². The van der Waals surface area contributed by atoms with Gasteiger partial charge in [0.05, 0.1) is 10.9 Å². The van der Waals surface area contributed by atoms with E-state index in [-0.39, 0.29) is 11.2 Å². The number of thioether (sulfide) groups is 1. The Balaban J connectivity index is 1.89. The number of alkyl halides is 1. The first kappa shape index (κ1) is 16.9. The number of halogens is 2. The van der Waals surface area contributed by atoms with E-state index >= 15 is 0 Å². The van der Waals surface area contributed by atoms with Crippen molar-refractivity contribution in [2.24, 2.45) is 0 Å². The zero-order valence-corrected chi connectivity index (χ0v) is 15.7. The Morgan fingerprint density at radius 3 is 2.70 bits per heavy atom. The maximum absolute atomic E-state index is 12.6. The molecule has 0 bridgehead atoms. The molecule has 3 rings (SSSR count). The summed E-state index contributed by atoms with van der Waals surface area (Å²) < 4.78 is 0. The lowest BCUT2D eigenvalue weighted by Gasteiger charge is -2.34. The van der Waals surface area contributed by atoms with E-state index in [1.165, 1.54) is 5.56 Å². The van der Waals surface area contributed by atoms with E-state index in [1.807, 2.05) is 47.0 Å². The van der Waals surface area contributed by atoms with Crippen molar-refractivity contribution in [1.29, 1.82) is 0 Å². The SMILES string of the molecule is O=C(CCCBr)N1CC(c2ccc(Cl)cc2)Sc2ccccc21. The molecule has 23 heavy (non-hydrogen) atoms. The number of fused-ring (bicyclic) bond motifs is 1. The lowest BCUT2D eigenvalue weighted by molar-refractivity contribution is -0.118. The van der Waals surface area contributed by atoms with Crippen molar-refractivity contribution in [2.45, 2.75) is 23.0 Å². The number of carbonyl (C=O) groups is 1. The van der Waals surface area contributed by atoms with E-state index in [2.05, 4.69) is 34.1 Å². The Morgan fingerprint density at radius 2 is 1.96 bits per heavy atom. The molecule has 0 N–H and O–H groups in total. The first-order valence-electron chi connectivity index (χ1n) is 7.56. The van der Waals surface area contributed by atoms with Crippen molar-refractivity contribution >= 4 is 50.9 Å².